The lowest BCUT2D eigenvalue weighted by molar-refractivity contribution is 0.0887. The third-order valence-electron chi connectivity index (χ3n) is 2.82. The summed E-state index contributed by atoms with van der Waals surface area (Å²) in [5.41, 5.74) is 0. The SMILES string of the molecule is C=CCOCC1CCN(C(=O)NCC)CC1. The third kappa shape index (κ3) is 4.23. The molecule has 1 saturated heterocycles. The van der Waals surface area contributed by atoms with Crippen molar-refractivity contribution >= 4 is 6.03 Å². The summed E-state index contributed by atoms with van der Waals surface area (Å²) < 4.78 is 5.43. The summed E-state index contributed by atoms with van der Waals surface area (Å²) in [6.07, 6.45) is 3.84. The molecule has 1 aliphatic rings. The van der Waals surface area contributed by atoms with E-state index in [2.05, 4.69) is 11.9 Å². The second-order valence-corrected chi connectivity index (χ2v) is 4.09. The highest BCUT2D eigenvalue weighted by Crippen LogP contribution is 2.17. The van der Waals surface area contributed by atoms with Crippen molar-refractivity contribution in [2.45, 2.75) is 19.8 Å². The Labute approximate surface area is 97.6 Å². The van der Waals surface area contributed by atoms with Gasteiger partial charge in [0.05, 0.1) is 6.61 Å². The number of piperidine rings is 1. The van der Waals surface area contributed by atoms with Crippen LogP contribution in [-0.4, -0.2) is 43.8 Å². The molecule has 4 nitrogen and oxygen atoms in total. The first-order chi connectivity index (χ1) is 7.77. The van der Waals surface area contributed by atoms with E-state index in [0.29, 0.717) is 19.1 Å². The molecule has 0 aliphatic carbocycles. The maximum absolute atomic E-state index is 11.5. The second kappa shape index (κ2) is 7.28. The van der Waals surface area contributed by atoms with E-state index in [9.17, 15) is 4.79 Å². The smallest absolute Gasteiger partial charge is 0.317 e. The van der Waals surface area contributed by atoms with Crippen LogP contribution in [0.4, 0.5) is 4.79 Å². The Morgan fingerprint density at radius 2 is 2.25 bits per heavy atom. The Balaban J connectivity index is 2.17. The molecule has 2 amide bonds. The lowest BCUT2D eigenvalue weighted by atomic mass is 9.98. The Bertz CT molecular complexity index is 223. The number of urea groups is 1. The predicted molar refractivity (Wildman–Crippen MR) is 64.4 cm³/mol. The Hall–Kier alpha value is -1.03. The second-order valence-electron chi connectivity index (χ2n) is 4.09. The molecule has 1 aliphatic heterocycles. The number of carbonyl (C=O) groups is 1. The molecule has 1 fully saturated rings. The molecule has 0 aromatic carbocycles. The van der Waals surface area contributed by atoms with E-state index in [1.165, 1.54) is 0 Å². The van der Waals surface area contributed by atoms with Crippen molar-refractivity contribution < 1.29 is 9.53 Å². The predicted octanol–water partition coefficient (Wildman–Crippen LogP) is 1.63. The first kappa shape index (κ1) is 13.0. The average Bonchev–Trinajstić information content (AvgIpc) is 2.30. The number of ether oxygens (including phenoxy) is 1. The summed E-state index contributed by atoms with van der Waals surface area (Å²) in [6.45, 7) is 9.34. The molecule has 0 radical (unpaired) electrons. The van der Waals surface area contributed by atoms with Crippen LogP contribution in [0.2, 0.25) is 0 Å². The van der Waals surface area contributed by atoms with Crippen LogP contribution in [-0.2, 0) is 4.74 Å². The molecular formula is C12H22N2O2. The standard InChI is InChI=1S/C12H22N2O2/c1-3-9-16-10-11-5-7-14(8-6-11)12(15)13-4-2/h3,11H,1,4-10H2,2H3,(H,13,15). The number of carbonyl (C=O) groups excluding carboxylic acids is 1. The lowest BCUT2D eigenvalue weighted by Crippen LogP contribution is -2.44. The number of nitrogens with zero attached hydrogens (tertiary/aromatic N) is 1. The van der Waals surface area contributed by atoms with Gasteiger partial charge < -0.3 is 15.0 Å². The molecule has 4 heteroatoms. The average molecular weight is 226 g/mol. The van der Waals surface area contributed by atoms with Gasteiger partial charge in [0.25, 0.3) is 0 Å². The Morgan fingerprint density at radius 3 is 2.81 bits per heavy atom. The van der Waals surface area contributed by atoms with E-state index in [0.717, 1.165) is 32.5 Å². The Morgan fingerprint density at radius 1 is 1.56 bits per heavy atom. The normalized spacial score (nSPS) is 17.2. The summed E-state index contributed by atoms with van der Waals surface area (Å²) in [7, 11) is 0. The van der Waals surface area contributed by atoms with Crippen LogP contribution in [0.1, 0.15) is 19.8 Å². The lowest BCUT2D eigenvalue weighted by Gasteiger charge is -2.31. The van der Waals surface area contributed by atoms with E-state index in [1.807, 2.05) is 11.8 Å². The molecule has 0 atom stereocenters. The fourth-order valence-electron chi connectivity index (χ4n) is 1.88. The van der Waals surface area contributed by atoms with Gasteiger partial charge in [-0.1, -0.05) is 6.08 Å². The molecule has 1 rings (SSSR count). The quantitative estimate of drug-likeness (QED) is 0.572. The van der Waals surface area contributed by atoms with Gasteiger partial charge in [-0.05, 0) is 25.7 Å². The zero-order valence-electron chi connectivity index (χ0n) is 10.1. The van der Waals surface area contributed by atoms with E-state index in [4.69, 9.17) is 4.74 Å². The fraction of sp³-hybridized carbons (Fsp3) is 0.750. The van der Waals surface area contributed by atoms with Crippen molar-refractivity contribution in [2.24, 2.45) is 5.92 Å². The zero-order valence-corrected chi connectivity index (χ0v) is 10.1. The zero-order chi connectivity index (χ0) is 11.8. The van der Waals surface area contributed by atoms with Crippen LogP contribution in [0.3, 0.4) is 0 Å². The van der Waals surface area contributed by atoms with E-state index in [-0.39, 0.29) is 6.03 Å². The van der Waals surface area contributed by atoms with Gasteiger partial charge in [0.2, 0.25) is 0 Å². The van der Waals surface area contributed by atoms with Gasteiger partial charge in [-0.15, -0.1) is 6.58 Å². The van der Waals surface area contributed by atoms with Crippen molar-refractivity contribution in [1.82, 2.24) is 10.2 Å². The van der Waals surface area contributed by atoms with Gasteiger partial charge in [-0.2, -0.15) is 0 Å². The monoisotopic (exact) mass is 226 g/mol. The minimum atomic E-state index is 0.0629. The maximum atomic E-state index is 11.5. The van der Waals surface area contributed by atoms with Crippen LogP contribution in [0.15, 0.2) is 12.7 Å². The summed E-state index contributed by atoms with van der Waals surface area (Å²) >= 11 is 0. The fourth-order valence-corrected chi connectivity index (χ4v) is 1.88. The van der Waals surface area contributed by atoms with Crippen LogP contribution < -0.4 is 5.32 Å². The topological polar surface area (TPSA) is 41.6 Å². The van der Waals surface area contributed by atoms with Gasteiger partial charge >= 0.3 is 6.03 Å². The third-order valence-corrected chi connectivity index (χ3v) is 2.82. The van der Waals surface area contributed by atoms with Crippen molar-refractivity contribution in [3.63, 3.8) is 0 Å². The molecule has 1 N–H and O–H groups in total. The van der Waals surface area contributed by atoms with Gasteiger partial charge in [-0.25, -0.2) is 4.79 Å². The van der Waals surface area contributed by atoms with Crippen LogP contribution in [0.25, 0.3) is 0 Å². The number of likely N-dealkylation sites (tertiary alicyclic amines) is 1. The number of hydrogen-bond acceptors (Lipinski definition) is 2. The minimum Gasteiger partial charge on any atom is -0.377 e. The molecule has 1 heterocycles. The summed E-state index contributed by atoms with van der Waals surface area (Å²) in [6, 6.07) is 0.0629. The number of nitrogens with one attached hydrogen (secondary N) is 1. The van der Waals surface area contributed by atoms with E-state index < -0.39 is 0 Å². The van der Waals surface area contributed by atoms with Gasteiger partial charge in [0.1, 0.15) is 0 Å². The minimum absolute atomic E-state index is 0.0629. The van der Waals surface area contributed by atoms with Crippen molar-refractivity contribution in [3.05, 3.63) is 12.7 Å². The van der Waals surface area contributed by atoms with Crippen LogP contribution in [0, 0.1) is 5.92 Å². The molecule has 92 valence electrons. The molecule has 0 spiro atoms. The van der Waals surface area contributed by atoms with Crippen molar-refractivity contribution in [2.75, 3.05) is 32.8 Å². The van der Waals surface area contributed by atoms with Gasteiger partial charge in [-0.3, -0.25) is 0 Å². The molecule has 0 aromatic rings. The molecule has 0 aromatic heterocycles. The van der Waals surface area contributed by atoms with E-state index >= 15 is 0 Å². The number of rotatable bonds is 5. The summed E-state index contributed by atoms with van der Waals surface area (Å²) in [5, 5.41) is 2.82. The van der Waals surface area contributed by atoms with Crippen molar-refractivity contribution in [3.8, 4) is 0 Å². The highest BCUT2D eigenvalue weighted by molar-refractivity contribution is 5.74. The first-order valence-electron chi connectivity index (χ1n) is 5.99. The molecule has 0 unspecified atom stereocenters. The maximum Gasteiger partial charge on any atom is 0.317 e. The number of amides is 2. The largest absolute Gasteiger partial charge is 0.377 e. The Kier molecular flexibility index (Phi) is 5.93. The first-order valence-corrected chi connectivity index (χ1v) is 5.99. The summed E-state index contributed by atoms with van der Waals surface area (Å²) in [5.74, 6) is 0.589. The van der Waals surface area contributed by atoms with Gasteiger partial charge in [0.15, 0.2) is 0 Å². The highest BCUT2D eigenvalue weighted by Gasteiger charge is 2.22. The molecular weight excluding hydrogens is 204 g/mol. The van der Waals surface area contributed by atoms with Gasteiger partial charge in [0, 0.05) is 26.2 Å². The highest BCUT2D eigenvalue weighted by atomic mass is 16.5. The van der Waals surface area contributed by atoms with Crippen LogP contribution in [0.5, 0.6) is 0 Å². The molecule has 0 saturated carbocycles. The van der Waals surface area contributed by atoms with E-state index in [1.54, 1.807) is 6.08 Å². The molecule has 16 heavy (non-hydrogen) atoms. The molecule has 0 bridgehead atoms. The summed E-state index contributed by atoms with van der Waals surface area (Å²) in [4.78, 5) is 13.4. The van der Waals surface area contributed by atoms with Crippen molar-refractivity contribution in [1.29, 1.82) is 0 Å². The van der Waals surface area contributed by atoms with Crippen LogP contribution >= 0.6 is 0 Å². The number of hydrogen-bond donors (Lipinski definition) is 1.